The summed E-state index contributed by atoms with van der Waals surface area (Å²) in [5.41, 5.74) is 7.68. The Hall–Kier alpha value is -1.54. The molecule has 2 heterocycles. The van der Waals surface area contributed by atoms with E-state index in [4.69, 9.17) is 0 Å². The predicted octanol–water partition coefficient (Wildman–Crippen LogP) is 5.77. The highest BCUT2D eigenvalue weighted by atomic mass is 15.2. The van der Waals surface area contributed by atoms with Crippen LogP contribution in [0.3, 0.4) is 0 Å². The van der Waals surface area contributed by atoms with Gasteiger partial charge in [0.2, 0.25) is 0 Å². The van der Waals surface area contributed by atoms with Crippen LogP contribution in [-0.2, 0) is 13.1 Å². The van der Waals surface area contributed by atoms with Crippen molar-refractivity contribution < 1.29 is 0 Å². The Balaban J connectivity index is 1.73. The van der Waals surface area contributed by atoms with E-state index >= 15 is 0 Å². The van der Waals surface area contributed by atoms with Gasteiger partial charge in [-0.3, -0.25) is 4.90 Å². The molecule has 0 amide bonds. The fourth-order valence-corrected chi connectivity index (χ4v) is 4.16. The van der Waals surface area contributed by atoms with Gasteiger partial charge in [0.15, 0.2) is 0 Å². The first-order chi connectivity index (χ1) is 11.8. The number of hydrogen-bond acceptors (Lipinski definition) is 1. The molecule has 0 unspecified atom stereocenters. The first-order valence-electron chi connectivity index (χ1n) is 9.92. The number of fused-ring (bicyclic) bond motifs is 1. The van der Waals surface area contributed by atoms with Crippen LogP contribution < -0.4 is 0 Å². The van der Waals surface area contributed by atoms with Crippen LogP contribution in [0.1, 0.15) is 76.2 Å². The number of nitrogens with zero attached hydrogens (tertiary/aromatic N) is 2. The molecule has 0 bridgehead atoms. The number of aromatic nitrogens is 1. The summed E-state index contributed by atoms with van der Waals surface area (Å²) >= 11 is 0. The van der Waals surface area contributed by atoms with Crippen molar-refractivity contribution in [3.63, 3.8) is 0 Å². The number of rotatable bonds is 3. The zero-order valence-corrected chi connectivity index (χ0v) is 16.5. The SMILES string of the molecule is CC(C)c1ccc(-c2cc3n(c2C2CC2)CCN(C(C)(C)C)C3)cc1. The van der Waals surface area contributed by atoms with Crippen molar-refractivity contribution in [3.05, 3.63) is 47.3 Å². The van der Waals surface area contributed by atoms with Gasteiger partial charge in [0.1, 0.15) is 0 Å². The standard InChI is InChI=1S/C23H32N2/c1-16(2)17-6-8-18(9-7-17)21-14-20-15-24(23(3,4)5)12-13-25(20)22(21)19-10-11-19/h6-9,14,16,19H,10-13,15H2,1-5H3. The Morgan fingerprint density at radius 2 is 1.68 bits per heavy atom. The van der Waals surface area contributed by atoms with Crippen molar-refractivity contribution in [3.8, 4) is 11.1 Å². The molecule has 0 saturated heterocycles. The van der Waals surface area contributed by atoms with Crippen molar-refractivity contribution in [2.75, 3.05) is 6.54 Å². The second kappa shape index (κ2) is 6.02. The minimum atomic E-state index is 0.244. The van der Waals surface area contributed by atoms with Crippen molar-refractivity contribution >= 4 is 0 Å². The molecule has 1 saturated carbocycles. The molecule has 0 radical (unpaired) electrons. The van der Waals surface area contributed by atoms with E-state index in [-0.39, 0.29) is 5.54 Å². The summed E-state index contributed by atoms with van der Waals surface area (Å²) < 4.78 is 2.64. The summed E-state index contributed by atoms with van der Waals surface area (Å²) in [6.07, 6.45) is 2.73. The van der Waals surface area contributed by atoms with Crippen molar-refractivity contribution in [1.82, 2.24) is 9.47 Å². The molecule has 1 aliphatic heterocycles. The summed E-state index contributed by atoms with van der Waals surface area (Å²) in [5.74, 6) is 1.38. The van der Waals surface area contributed by atoms with Crippen LogP contribution in [0.25, 0.3) is 11.1 Å². The smallest absolute Gasteiger partial charge is 0.0393 e. The molecule has 2 heteroatoms. The van der Waals surface area contributed by atoms with Gasteiger partial charge in [-0.2, -0.15) is 0 Å². The first kappa shape index (κ1) is 16.9. The van der Waals surface area contributed by atoms with E-state index in [0.717, 1.165) is 25.6 Å². The Bertz CT molecular complexity index is 755. The monoisotopic (exact) mass is 336 g/mol. The highest BCUT2D eigenvalue weighted by molar-refractivity contribution is 5.69. The molecule has 2 nitrogen and oxygen atoms in total. The quantitative estimate of drug-likeness (QED) is 0.691. The highest BCUT2D eigenvalue weighted by Crippen LogP contribution is 2.46. The predicted molar refractivity (Wildman–Crippen MR) is 106 cm³/mol. The van der Waals surface area contributed by atoms with Crippen LogP contribution >= 0.6 is 0 Å². The third kappa shape index (κ3) is 3.17. The Morgan fingerprint density at radius 1 is 1.00 bits per heavy atom. The molecule has 4 rings (SSSR count). The molecular weight excluding hydrogens is 304 g/mol. The van der Waals surface area contributed by atoms with Gasteiger partial charge in [0.05, 0.1) is 0 Å². The van der Waals surface area contributed by atoms with E-state index in [1.165, 1.54) is 35.2 Å². The van der Waals surface area contributed by atoms with E-state index in [1.807, 2.05) is 0 Å². The normalized spacial score (nSPS) is 18.6. The molecule has 1 aliphatic carbocycles. The van der Waals surface area contributed by atoms with E-state index in [2.05, 4.69) is 74.4 Å². The molecular formula is C23H32N2. The largest absolute Gasteiger partial charge is 0.345 e. The minimum absolute atomic E-state index is 0.244. The molecule has 0 N–H and O–H groups in total. The maximum absolute atomic E-state index is 2.64. The van der Waals surface area contributed by atoms with Gasteiger partial charge in [-0.15, -0.1) is 0 Å². The van der Waals surface area contributed by atoms with Gasteiger partial charge < -0.3 is 4.57 Å². The summed E-state index contributed by atoms with van der Waals surface area (Å²) in [4.78, 5) is 2.62. The van der Waals surface area contributed by atoms with Gasteiger partial charge in [-0.25, -0.2) is 0 Å². The molecule has 1 aromatic carbocycles. The van der Waals surface area contributed by atoms with Crippen LogP contribution in [0.2, 0.25) is 0 Å². The van der Waals surface area contributed by atoms with Gasteiger partial charge >= 0.3 is 0 Å². The molecule has 0 atom stereocenters. The van der Waals surface area contributed by atoms with Crippen molar-refractivity contribution in [2.45, 2.75) is 77.9 Å². The summed E-state index contributed by atoms with van der Waals surface area (Å²) in [6.45, 7) is 14.9. The van der Waals surface area contributed by atoms with Crippen LogP contribution in [0, 0.1) is 0 Å². The van der Waals surface area contributed by atoms with E-state index in [1.54, 1.807) is 5.69 Å². The van der Waals surface area contributed by atoms with E-state index < -0.39 is 0 Å². The zero-order valence-electron chi connectivity index (χ0n) is 16.5. The summed E-state index contributed by atoms with van der Waals surface area (Å²) in [5, 5.41) is 0. The molecule has 1 fully saturated rings. The fraction of sp³-hybridized carbons (Fsp3) is 0.565. The van der Waals surface area contributed by atoms with E-state index in [9.17, 15) is 0 Å². The second-order valence-corrected chi connectivity index (χ2v) is 9.23. The molecule has 25 heavy (non-hydrogen) atoms. The number of benzene rings is 1. The molecule has 2 aliphatic rings. The lowest BCUT2D eigenvalue weighted by Gasteiger charge is -2.39. The van der Waals surface area contributed by atoms with Crippen LogP contribution in [0.15, 0.2) is 30.3 Å². The van der Waals surface area contributed by atoms with Crippen molar-refractivity contribution in [2.24, 2.45) is 0 Å². The fourth-order valence-electron chi connectivity index (χ4n) is 4.16. The molecule has 134 valence electrons. The summed E-state index contributed by atoms with van der Waals surface area (Å²) in [6, 6.07) is 11.8. The van der Waals surface area contributed by atoms with Gasteiger partial charge in [-0.1, -0.05) is 38.1 Å². The topological polar surface area (TPSA) is 8.17 Å². The molecule has 1 aromatic heterocycles. The second-order valence-electron chi connectivity index (χ2n) is 9.23. The van der Waals surface area contributed by atoms with Gasteiger partial charge in [0.25, 0.3) is 0 Å². The summed E-state index contributed by atoms with van der Waals surface area (Å²) in [7, 11) is 0. The molecule has 0 spiro atoms. The molecule has 2 aromatic rings. The Morgan fingerprint density at radius 3 is 2.24 bits per heavy atom. The highest BCUT2D eigenvalue weighted by Gasteiger charge is 2.34. The average Bonchev–Trinajstić information content (AvgIpc) is 3.33. The average molecular weight is 337 g/mol. The number of hydrogen-bond donors (Lipinski definition) is 0. The zero-order chi connectivity index (χ0) is 17.8. The van der Waals surface area contributed by atoms with Crippen LogP contribution in [-0.4, -0.2) is 21.6 Å². The van der Waals surface area contributed by atoms with Crippen molar-refractivity contribution in [1.29, 1.82) is 0 Å². The van der Waals surface area contributed by atoms with E-state index in [0.29, 0.717) is 5.92 Å². The third-order valence-electron chi connectivity index (χ3n) is 5.97. The lowest BCUT2D eigenvalue weighted by Crippen LogP contribution is -2.45. The van der Waals surface area contributed by atoms with Crippen LogP contribution in [0.4, 0.5) is 0 Å². The Kier molecular flexibility index (Phi) is 4.07. The van der Waals surface area contributed by atoms with Gasteiger partial charge in [-0.05, 0) is 62.6 Å². The minimum Gasteiger partial charge on any atom is -0.345 e. The van der Waals surface area contributed by atoms with Gasteiger partial charge in [0, 0.05) is 42.1 Å². The third-order valence-corrected chi connectivity index (χ3v) is 5.97. The Labute approximate surface area is 152 Å². The first-order valence-corrected chi connectivity index (χ1v) is 9.92. The lowest BCUT2D eigenvalue weighted by atomic mass is 9.98. The lowest BCUT2D eigenvalue weighted by molar-refractivity contribution is 0.102. The van der Waals surface area contributed by atoms with Crippen LogP contribution in [0.5, 0.6) is 0 Å². The maximum Gasteiger partial charge on any atom is 0.0393 e. The maximum atomic E-state index is 2.64.